The van der Waals surface area contributed by atoms with Gasteiger partial charge in [-0.1, -0.05) is 0 Å². The highest BCUT2D eigenvalue weighted by Crippen LogP contribution is 2.16. The minimum Gasteiger partial charge on any atom is -0.364 e. The van der Waals surface area contributed by atoms with E-state index in [0.29, 0.717) is 13.0 Å². The molecule has 0 aromatic carbocycles. The standard InChI is InChI=1S/C6H8N2.C5H9NO/c1-6(2,5-8)3-4-7;1-3-7-5(2)4-6/h3H2,1-2H3;5H,3H2,1-2H3. The lowest BCUT2D eigenvalue weighted by Gasteiger charge is -2.06. The van der Waals surface area contributed by atoms with E-state index < -0.39 is 5.41 Å². The third kappa shape index (κ3) is 12.4. The Bertz CT molecular complexity index is 278. The number of ether oxygens (including phenoxy) is 1. The smallest absolute Gasteiger partial charge is 0.141 e. The largest absolute Gasteiger partial charge is 0.364 e. The van der Waals surface area contributed by atoms with Gasteiger partial charge in [0.05, 0.1) is 30.0 Å². The van der Waals surface area contributed by atoms with Crippen LogP contribution in [0, 0.1) is 39.4 Å². The fraction of sp³-hybridized carbons (Fsp3) is 0.727. The van der Waals surface area contributed by atoms with E-state index in [0.717, 1.165) is 0 Å². The molecule has 0 aliphatic rings. The number of nitrogens with zero attached hydrogens (tertiary/aromatic N) is 3. The van der Waals surface area contributed by atoms with Gasteiger partial charge in [-0.15, -0.1) is 0 Å². The summed E-state index contributed by atoms with van der Waals surface area (Å²) in [6, 6.07) is 5.90. The Balaban J connectivity index is 0. The van der Waals surface area contributed by atoms with Gasteiger partial charge < -0.3 is 4.74 Å². The van der Waals surface area contributed by atoms with E-state index in [4.69, 9.17) is 20.5 Å². The van der Waals surface area contributed by atoms with Crippen LogP contribution in [-0.2, 0) is 4.74 Å². The Hall–Kier alpha value is -1.57. The van der Waals surface area contributed by atoms with Gasteiger partial charge in [-0.05, 0) is 27.7 Å². The first kappa shape index (κ1) is 15.9. The van der Waals surface area contributed by atoms with Crippen molar-refractivity contribution >= 4 is 0 Å². The molecule has 15 heavy (non-hydrogen) atoms. The summed E-state index contributed by atoms with van der Waals surface area (Å²) in [6.45, 7) is 7.71. The number of nitriles is 3. The molecule has 0 aromatic rings. The van der Waals surface area contributed by atoms with E-state index in [-0.39, 0.29) is 6.10 Å². The maximum Gasteiger partial charge on any atom is 0.141 e. The zero-order valence-electron chi connectivity index (χ0n) is 9.74. The molecule has 1 atom stereocenters. The zero-order valence-corrected chi connectivity index (χ0v) is 9.74. The monoisotopic (exact) mass is 207 g/mol. The summed E-state index contributed by atoms with van der Waals surface area (Å²) in [5, 5.41) is 24.5. The lowest BCUT2D eigenvalue weighted by Crippen LogP contribution is -2.04. The molecule has 4 heteroatoms. The van der Waals surface area contributed by atoms with Crippen LogP contribution in [0.2, 0.25) is 0 Å². The highest BCUT2D eigenvalue weighted by molar-refractivity contribution is 4.97. The third-order valence-electron chi connectivity index (χ3n) is 1.42. The van der Waals surface area contributed by atoms with Crippen molar-refractivity contribution in [3.63, 3.8) is 0 Å². The number of hydrogen-bond acceptors (Lipinski definition) is 4. The second kappa shape index (κ2) is 9.00. The van der Waals surface area contributed by atoms with E-state index >= 15 is 0 Å². The van der Waals surface area contributed by atoms with Gasteiger partial charge in [0.15, 0.2) is 0 Å². The van der Waals surface area contributed by atoms with E-state index in [2.05, 4.69) is 0 Å². The second-order valence-electron chi connectivity index (χ2n) is 3.56. The van der Waals surface area contributed by atoms with Crippen molar-refractivity contribution in [1.82, 2.24) is 0 Å². The second-order valence-corrected chi connectivity index (χ2v) is 3.56. The van der Waals surface area contributed by atoms with Gasteiger partial charge in [0.25, 0.3) is 0 Å². The highest BCUT2D eigenvalue weighted by Gasteiger charge is 2.14. The Labute approximate surface area is 91.7 Å². The van der Waals surface area contributed by atoms with Crippen molar-refractivity contribution in [3.05, 3.63) is 0 Å². The molecule has 0 saturated heterocycles. The molecular formula is C11H17N3O. The van der Waals surface area contributed by atoms with Crippen LogP contribution in [-0.4, -0.2) is 12.7 Å². The van der Waals surface area contributed by atoms with Crippen molar-refractivity contribution in [2.24, 2.45) is 5.41 Å². The fourth-order valence-electron chi connectivity index (χ4n) is 0.524. The van der Waals surface area contributed by atoms with Crippen LogP contribution in [0.1, 0.15) is 34.1 Å². The molecule has 0 heterocycles. The van der Waals surface area contributed by atoms with Gasteiger partial charge in [0.2, 0.25) is 0 Å². The van der Waals surface area contributed by atoms with Crippen LogP contribution in [0.5, 0.6) is 0 Å². The molecule has 1 unspecified atom stereocenters. The molecule has 0 aliphatic heterocycles. The first-order valence-corrected chi connectivity index (χ1v) is 4.73. The summed E-state index contributed by atoms with van der Waals surface area (Å²) in [5.41, 5.74) is -0.464. The maximum atomic E-state index is 8.32. The van der Waals surface area contributed by atoms with Crippen molar-refractivity contribution in [2.75, 3.05) is 6.61 Å². The van der Waals surface area contributed by atoms with Crippen molar-refractivity contribution < 1.29 is 4.74 Å². The van der Waals surface area contributed by atoms with E-state index in [1.54, 1.807) is 20.8 Å². The first-order chi connectivity index (χ1) is 6.93. The molecule has 0 amide bonds. The zero-order chi connectivity index (χ0) is 12.3. The molecule has 0 rings (SSSR count). The molecule has 0 N–H and O–H groups in total. The fourth-order valence-corrected chi connectivity index (χ4v) is 0.524. The topological polar surface area (TPSA) is 80.6 Å². The Morgan fingerprint density at radius 1 is 1.27 bits per heavy atom. The van der Waals surface area contributed by atoms with Crippen molar-refractivity contribution in [3.8, 4) is 18.2 Å². The summed E-state index contributed by atoms with van der Waals surface area (Å²) in [6.07, 6.45) is 0.0637. The normalized spacial score (nSPS) is 11.0. The maximum absolute atomic E-state index is 8.32. The van der Waals surface area contributed by atoms with E-state index in [1.165, 1.54) is 0 Å². The molecule has 82 valence electrons. The van der Waals surface area contributed by atoms with Crippen LogP contribution >= 0.6 is 0 Å². The average Bonchev–Trinajstić information content (AvgIpc) is 2.19. The van der Waals surface area contributed by atoms with Gasteiger partial charge in [0, 0.05) is 6.61 Å². The van der Waals surface area contributed by atoms with E-state index in [9.17, 15) is 0 Å². The molecule has 0 fully saturated rings. The predicted molar refractivity (Wildman–Crippen MR) is 56.3 cm³/mol. The van der Waals surface area contributed by atoms with Gasteiger partial charge in [-0.2, -0.15) is 15.8 Å². The molecule has 0 aliphatic carbocycles. The van der Waals surface area contributed by atoms with Crippen LogP contribution in [0.15, 0.2) is 0 Å². The Morgan fingerprint density at radius 2 is 1.80 bits per heavy atom. The van der Waals surface area contributed by atoms with E-state index in [1.807, 2.05) is 25.1 Å². The van der Waals surface area contributed by atoms with Gasteiger partial charge in [0.1, 0.15) is 6.10 Å². The molecule has 4 nitrogen and oxygen atoms in total. The Kier molecular flexibility index (Phi) is 9.53. The van der Waals surface area contributed by atoms with Crippen LogP contribution in [0.3, 0.4) is 0 Å². The van der Waals surface area contributed by atoms with Gasteiger partial charge in [-0.3, -0.25) is 0 Å². The highest BCUT2D eigenvalue weighted by atomic mass is 16.5. The van der Waals surface area contributed by atoms with Crippen molar-refractivity contribution in [2.45, 2.75) is 40.2 Å². The first-order valence-electron chi connectivity index (χ1n) is 4.73. The molecule has 0 bridgehead atoms. The third-order valence-corrected chi connectivity index (χ3v) is 1.42. The summed E-state index contributed by atoms with van der Waals surface area (Å²) in [5.74, 6) is 0. The summed E-state index contributed by atoms with van der Waals surface area (Å²) < 4.78 is 4.83. The predicted octanol–water partition coefficient (Wildman–Crippen LogP) is 2.38. The van der Waals surface area contributed by atoms with Gasteiger partial charge in [-0.25, -0.2) is 0 Å². The SMILES string of the molecule is CC(C)(C#N)CC#N.CCOC(C)C#N. The number of rotatable bonds is 3. The quantitative estimate of drug-likeness (QED) is 0.711. The average molecular weight is 207 g/mol. The van der Waals surface area contributed by atoms with Crippen molar-refractivity contribution in [1.29, 1.82) is 15.8 Å². The van der Waals surface area contributed by atoms with Gasteiger partial charge >= 0.3 is 0 Å². The molecule has 0 radical (unpaired) electrons. The molecular weight excluding hydrogens is 190 g/mol. The molecule has 0 spiro atoms. The molecule has 0 saturated carbocycles. The van der Waals surface area contributed by atoms with Crippen LogP contribution in [0.4, 0.5) is 0 Å². The lowest BCUT2D eigenvalue weighted by molar-refractivity contribution is 0.114. The Morgan fingerprint density at radius 3 is 1.93 bits per heavy atom. The summed E-state index contributed by atoms with van der Waals surface area (Å²) >= 11 is 0. The minimum atomic E-state index is -0.464. The lowest BCUT2D eigenvalue weighted by atomic mass is 9.93. The summed E-state index contributed by atoms with van der Waals surface area (Å²) in [4.78, 5) is 0. The minimum absolute atomic E-state index is 0.245. The van der Waals surface area contributed by atoms with Crippen LogP contribution < -0.4 is 0 Å². The van der Waals surface area contributed by atoms with Crippen LogP contribution in [0.25, 0.3) is 0 Å². The number of hydrogen-bond donors (Lipinski definition) is 0. The summed E-state index contributed by atoms with van der Waals surface area (Å²) in [7, 11) is 0. The molecule has 0 aromatic heterocycles.